The molecule has 0 aromatic carbocycles. The Kier molecular flexibility index (Phi) is 6.21. The maximum atomic E-state index is 13.1. The van der Waals surface area contributed by atoms with Crippen LogP contribution in [0.4, 0.5) is 0 Å². The topological polar surface area (TPSA) is 105 Å². The number of hydrogen-bond donors (Lipinski definition) is 1. The molecule has 3 rings (SSSR count). The Hall–Kier alpha value is -1.78. The number of carbonyl (C=O) groups is 1. The van der Waals surface area contributed by atoms with Gasteiger partial charge in [-0.05, 0) is 26.7 Å². The predicted molar refractivity (Wildman–Crippen MR) is 106 cm³/mol. The van der Waals surface area contributed by atoms with E-state index in [-0.39, 0.29) is 22.6 Å². The Morgan fingerprint density at radius 2 is 2.18 bits per heavy atom. The van der Waals surface area contributed by atoms with Crippen LogP contribution in [-0.2, 0) is 21.4 Å². The lowest BCUT2D eigenvalue weighted by Gasteiger charge is -2.30. The SMILES string of the molecule is Cc1noc(C)c1S(=O)(=O)N1CCC[C@@H](c2nc(CNC(=O)C(C)C)cs2)C1. The molecule has 0 radical (unpaired) electrons. The van der Waals surface area contributed by atoms with Crippen LogP contribution in [0.3, 0.4) is 0 Å². The van der Waals surface area contributed by atoms with Crippen LogP contribution in [-0.4, -0.2) is 41.9 Å². The fourth-order valence-electron chi connectivity index (χ4n) is 3.31. The number of aromatic nitrogens is 2. The summed E-state index contributed by atoms with van der Waals surface area (Å²) in [6.07, 6.45) is 1.66. The highest BCUT2D eigenvalue weighted by molar-refractivity contribution is 7.89. The Morgan fingerprint density at radius 3 is 2.82 bits per heavy atom. The Balaban J connectivity index is 1.71. The van der Waals surface area contributed by atoms with Crippen molar-refractivity contribution in [2.45, 2.75) is 57.9 Å². The molecule has 1 saturated heterocycles. The number of nitrogens with zero attached hydrogens (tertiary/aromatic N) is 3. The zero-order valence-electron chi connectivity index (χ0n) is 16.6. The van der Waals surface area contributed by atoms with E-state index in [4.69, 9.17) is 4.52 Å². The molecule has 2 aromatic heterocycles. The number of piperidine rings is 1. The van der Waals surface area contributed by atoms with Gasteiger partial charge in [-0.2, -0.15) is 4.31 Å². The van der Waals surface area contributed by atoms with Crippen LogP contribution in [0.2, 0.25) is 0 Å². The van der Waals surface area contributed by atoms with Gasteiger partial charge in [0.05, 0.1) is 17.2 Å². The summed E-state index contributed by atoms with van der Waals surface area (Å²) >= 11 is 1.52. The third kappa shape index (κ3) is 4.28. The molecule has 3 heterocycles. The number of carbonyl (C=O) groups excluding carboxylic acids is 1. The van der Waals surface area contributed by atoms with E-state index >= 15 is 0 Å². The van der Waals surface area contributed by atoms with E-state index in [0.717, 1.165) is 23.5 Å². The van der Waals surface area contributed by atoms with Crippen molar-refractivity contribution in [1.82, 2.24) is 19.8 Å². The molecule has 0 bridgehead atoms. The van der Waals surface area contributed by atoms with Crippen molar-refractivity contribution in [3.05, 3.63) is 27.5 Å². The zero-order valence-corrected chi connectivity index (χ0v) is 18.2. The molecule has 0 aliphatic carbocycles. The molecule has 1 fully saturated rings. The summed E-state index contributed by atoms with van der Waals surface area (Å²) in [5, 5.41) is 9.48. The van der Waals surface area contributed by atoms with Gasteiger partial charge in [0.15, 0.2) is 5.76 Å². The number of thiazole rings is 1. The molecule has 0 spiro atoms. The van der Waals surface area contributed by atoms with Crippen molar-refractivity contribution in [3.63, 3.8) is 0 Å². The van der Waals surface area contributed by atoms with Crippen LogP contribution in [0.5, 0.6) is 0 Å². The number of amides is 1. The summed E-state index contributed by atoms with van der Waals surface area (Å²) in [6, 6.07) is 0. The normalized spacial score (nSPS) is 18.5. The Bertz CT molecular complexity index is 929. The van der Waals surface area contributed by atoms with E-state index < -0.39 is 10.0 Å². The van der Waals surface area contributed by atoms with Crippen LogP contribution in [0.15, 0.2) is 14.8 Å². The van der Waals surface area contributed by atoms with Gasteiger partial charge >= 0.3 is 0 Å². The minimum atomic E-state index is -3.65. The summed E-state index contributed by atoms with van der Waals surface area (Å²) in [5.74, 6) is 0.282. The van der Waals surface area contributed by atoms with Gasteiger partial charge < -0.3 is 9.84 Å². The molecular weight excluding hydrogens is 400 g/mol. The van der Waals surface area contributed by atoms with Crippen LogP contribution >= 0.6 is 11.3 Å². The molecule has 2 aromatic rings. The van der Waals surface area contributed by atoms with Gasteiger partial charge in [0.2, 0.25) is 15.9 Å². The summed E-state index contributed by atoms with van der Waals surface area (Å²) in [5.41, 5.74) is 1.19. The van der Waals surface area contributed by atoms with Gasteiger partial charge in [-0.15, -0.1) is 11.3 Å². The summed E-state index contributed by atoms with van der Waals surface area (Å²) in [6.45, 7) is 8.20. The molecule has 154 valence electrons. The average molecular weight is 427 g/mol. The van der Waals surface area contributed by atoms with Crippen LogP contribution < -0.4 is 5.32 Å². The van der Waals surface area contributed by atoms with Crippen molar-refractivity contribution in [3.8, 4) is 0 Å². The molecule has 8 nitrogen and oxygen atoms in total. The zero-order chi connectivity index (χ0) is 20.5. The molecular formula is C18H26N4O4S2. The lowest BCUT2D eigenvalue weighted by atomic mass is 10.0. The van der Waals surface area contributed by atoms with Gasteiger partial charge in [0, 0.05) is 30.3 Å². The predicted octanol–water partition coefficient (Wildman–Crippen LogP) is 2.59. The second kappa shape index (κ2) is 8.30. The average Bonchev–Trinajstić information content (AvgIpc) is 3.26. The standard InChI is InChI=1S/C18H26N4O4S2/c1-11(2)17(23)19-8-15-10-27-18(20-15)14-6-5-7-22(9-14)28(24,25)16-12(3)21-26-13(16)4/h10-11,14H,5-9H2,1-4H3,(H,19,23)/t14-/m1/s1. The molecule has 1 N–H and O–H groups in total. The molecule has 28 heavy (non-hydrogen) atoms. The van der Waals surface area contributed by atoms with E-state index in [1.54, 1.807) is 13.8 Å². The molecule has 1 aliphatic rings. The van der Waals surface area contributed by atoms with Crippen molar-refractivity contribution < 1.29 is 17.7 Å². The smallest absolute Gasteiger partial charge is 0.248 e. The molecule has 0 unspecified atom stereocenters. The summed E-state index contributed by atoms with van der Waals surface area (Å²) in [4.78, 5) is 16.5. The van der Waals surface area contributed by atoms with Crippen molar-refractivity contribution >= 4 is 27.3 Å². The summed E-state index contributed by atoms with van der Waals surface area (Å²) < 4.78 is 32.7. The lowest BCUT2D eigenvalue weighted by Crippen LogP contribution is -2.39. The fraction of sp³-hybridized carbons (Fsp3) is 0.611. The first kappa shape index (κ1) is 20.9. The van der Waals surface area contributed by atoms with Gasteiger partial charge in [-0.1, -0.05) is 19.0 Å². The van der Waals surface area contributed by atoms with Gasteiger partial charge in [-0.3, -0.25) is 4.79 Å². The first-order chi connectivity index (χ1) is 13.2. The van der Waals surface area contributed by atoms with Gasteiger partial charge in [-0.25, -0.2) is 13.4 Å². The summed E-state index contributed by atoms with van der Waals surface area (Å²) in [7, 11) is -3.65. The highest BCUT2D eigenvalue weighted by Crippen LogP contribution is 2.33. The maximum Gasteiger partial charge on any atom is 0.248 e. The number of rotatable bonds is 6. The largest absolute Gasteiger partial charge is 0.360 e. The van der Waals surface area contributed by atoms with Crippen LogP contribution in [0.25, 0.3) is 0 Å². The molecule has 1 atom stereocenters. The number of hydrogen-bond acceptors (Lipinski definition) is 7. The van der Waals surface area contributed by atoms with Gasteiger partial charge in [0.25, 0.3) is 0 Å². The van der Waals surface area contributed by atoms with Crippen LogP contribution in [0.1, 0.15) is 54.8 Å². The van der Waals surface area contributed by atoms with E-state index in [9.17, 15) is 13.2 Å². The third-order valence-electron chi connectivity index (χ3n) is 4.84. The van der Waals surface area contributed by atoms with E-state index in [1.807, 2.05) is 19.2 Å². The second-order valence-corrected chi connectivity index (χ2v) is 10.2. The maximum absolute atomic E-state index is 13.1. The van der Waals surface area contributed by atoms with Crippen molar-refractivity contribution in [2.75, 3.05) is 13.1 Å². The molecule has 10 heteroatoms. The number of sulfonamides is 1. The number of nitrogens with one attached hydrogen (secondary N) is 1. The van der Waals surface area contributed by atoms with Crippen molar-refractivity contribution in [2.24, 2.45) is 5.92 Å². The van der Waals surface area contributed by atoms with Gasteiger partial charge in [0.1, 0.15) is 10.6 Å². The highest BCUT2D eigenvalue weighted by atomic mass is 32.2. The fourth-order valence-corrected chi connectivity index (χ4v) is 6.07. The minimum Gasteiger partial charge on any atom is -0.360 e. The second-order valence-electron chi connectivity index (χ2n) is 7.41. The van der Waals surface area contributed by atoms with E-state index in [0.29, 0.717) is 31.1 Å². The Morgan fingerprint density at radius 1 is 1.43 bits per heavy atom. The van der Waals surface area contributed by atoms with E-state index in [2.05, 4.69) is 15.5 Å². The Labute approximate surface area is 169 Å². The first-order valence-electron chi connectivity index (χ1n) is 9.35. The first-order valence-corrected chi connectivity index (χ1v) is 11.7. The quantitative estimate of drug-likeness (QED) is 0.761. The van der Waals surface area contributed by atoms with Crippen molar-refractivity contribution in [1.29, 1.82) is 0 Å². The lowest BCUT2D eigenvalue weighted by molar-refractivity contribution is -0.124. The molecule has 1 amide bonds. The van der Waals surface area contributed by atoms with Crippen LogP contribution in [0, 0.1) is 19.8 Å². The number of aryl methyl sites for hydroxylation is 2. The molecule has 1 aliphatic heterocycles. The van der Waals surface area contributed by atoms with E-state index in [1.165, 1.54) is 15.6 Å². The third-order valence-corrected chi connectivity index (χ3v) is 8.00. The monoisotopic (exact) mass is 426 g/mol. The molecule has 0 saturated carbocycles. The highest BCUT2D eigenvalue weighted by Gasteiger charge is 2.35. The minimum absolute atomic E-state index is 0.0102.